The summed E-state index contributed by atoms with van der Waals surface area (Å²) in [5, 5.41) is -0.0329. The molecule has 382 valence electrons. The molecule has 5 nitrogen and oxygen atoms in total. The molecule has 82 heavy (non-hydrogen) atoms. The molecule has 0 bridgehead atoms. The maximum absolute atomic E-state index is 9.88. The predicted octanol–water partition coefficient (Wildman–Crippen LogP) is 17.7. The fourth-order valence-electron chi connectivity index (χ4n) is 12.6. The first-order valence-corrected chi connectivity index (χ1v) is 27.4. The highest BCUT2D eigenvalue weighted by molar-refractivity contribution is 7.00. The first kappa shape index (κ1) is 39.5. The molecule has 0 atom stereocenters. The highest BCUT2D eigenvalue weighted by atomic mass is 15.2. The largest absolute Gasteiger partial charge is 0.310 e. The first-order valence-electron chi connectivity index (χ1n) is 31.4. The van der Waals surface area contributed by atoms with E-state index in [0.717, 1.165) is 106 Å². The van der Waals surface area contributed by atoms with Gasteiger partial charge in [0.2, 0.25) is 0 Å². The Labute approximate surface area is 488 Å². The third-order valence-electron chi connectivity index (χ3n) is 16.2. The van der Waals surface area contributed by atoms with Crippen LogP contribution in [0.4, 0.5) is 34.1 Å². The quantitative estimate of drug-likeness (QED) is 0.135. The van der Waals surface area contributed by atoms with Gasteiger partial charge in [-0.3, -0.25) is 9.97 Å². The molecule has 0 saturated heterocycles. The molecule has 2 aliphatic heterocycles. The van der Waals surface area contributed by atoms with Gasteiger partial charge in [-0.2, -0.15) is 0 Å². The zero-order valence-electron chi connectivity index (χ0n) is 52.1. The third kappa shape index (κ3) is 7.64. The lowest BCUT2D eigenvalue weighted by Crippen LogP contribution is -2.61. The summed E-state index contributed by atoms with van der Waals surface area (Å²) in [7, 11) is 0. The lowest BCUT2D eigenvalue weighted by Gasteiger charge is -2.46. The van der Waals surface area contributed by atoms with Gasteiger partial charge in [0.25, 0.3) is 6.71 Å². The number of benzene rings is 11. The summed E-state index contributed by atoms with van der Waals surface area (Å²) < 4.78 is 77.3. The molecule has 14 aromatic rings. The molecule has 11 aromatic carbocycles. The number of pyridine rings is 2. The van der Waals surface area contributed by atoms with Gasteiger partial charge >= 0.3 is 0 Å². The van der Waals surface area contributed by atoms with Gasteiger partial charge in [0.1, 0.15) is 0 Å². The molecule has 16 rings (SSSR count). The van der Waals surface area contributed by atoms with Crippen LogP contribution in [0.2, 0.25) is 0 Å². The minimum Gasteiger partial charge on any atom is -0.310 e. The van der Waals surface area contributed by atoms with E-state index in [1.807, 2.05) is 110 Å². The summed E-state index contributed by atoms with van der Waals surface area (Å²) in [6.45, 7) is -0.494. The van der Waals surface area contributed by atoms with Crippen molar-refractivity contribution in [2.24, 2.45) is 0 Å². The fourth-order valence-corrected chi connectivity index (χ4v) is 12.6. The van der Waals surface area contributed by atoms with Crippen molar-refractivity contribution < 1.29 is 11.0 Å². The number of para-hydroxylation sites is 2. The van der Waals surface area contributed by atoms with Gasteiger partial charge in [0, 0.05) is 80.6 Å². The monoisotopic (exact) mass is 1050 g/mol. The first-order chi connectivity index (χ1) is 44.0. The van der Waals surface area contributed by atoms with Crippen molar-refractivity contribution in [1.29, 1.82) is 0 Å². The number of fused-ring (bicyclic) bond motifs is 7. The van der Waals surface area contributed by atoms with Crippen LogP contribution < -0.4 is 26.2 Å². The Morgan fingerprint density at radius 1 is 0.317 bits per heavy atom. The van der Waals surface area contributed by atoms with Gasteiger partial charge in [0.05, 0.1) is 39.1 Å². The summed E-state index contributed by atoms with van der Waals surface area (Å²) in [6, 6.07) is 75.7. The Kier molecular flexibility index (Phi) is 9.41. The highest BCUT2D eigenvalue weighted by Gasteiger charge is 2.46. The van der Waals surface area contributed by atoms with E-state index >= 15 is 0 Å². The zero-order valence-corrected chi connectivity index (χ0v) is 44.1. The van der Waals surface area contributed by atoms with E-state index in [1.165, 1.54) is 0 Å². The van der Waals surface area contributed by atoms with Gasteiger partial charge in [-0.1, -0.05) is 243 Å². The number of aromatic nitrogens is 3. The van der Waals surface area contributed by atoms with Crippen molar-refractivity contribution in [2.45, 2.75) is 0 Å². The molecular formula is C76H50BN5. The van der Waals surface area contributed by atoms with Crippen molar-refractivity contribution in [3.8, 4) is 72.4 Å². The van der Waals surface area contributed by atoms with E-state index in [-0.39, 0.29) is 21.8 Å². The highest BCUT2D eigenvalue weighted by Crippen LogP contribution is 2.53. The van der Waals surface area contributed by atoms with Crippen LogP contribution in [0.5, 0.6) is 0 Å². The minimum atomic E-state index is -0.517. The van der Waals surface area contributed by atoms with Gasteiger partial charge < -0.3 is 14.4 Å². The lowest BCUT2D eigenvalue weighted by atomic mass is 9.33. The fraction of sp³-hybridized carbons (Fsp3) is 0. The Morgan fingerprint density at radius 3 is 1.00 bits per heavy atom. The summed E-state index contributed by atoms with van der Waals surface area (Å²) in [4.78, 5) is 14.7. The molecule has 0 fully saturated rings. The van der Waals surface area contributed by atoms with Crippen molar-refractivity contribution in [3.63, 3.8) is 0 Å². The number of hydrogen-bond acceptors (Lipinski definition) is 4. The number of nitrogens with zero attached hydrogens (tertiary/aromatic N) is 5. The molecule has 0 radical (unpaired) electrons. The second-order valence-electron chi connectivity index (χ2n) is 20.7. The lowest BCUT2D eigenvalue weighted by molar-refractivity contribution is 1.16. The van der Waals surface area contributed by atoms with Gasteiger partial charge in [-0.05, 0) is 97.2 Å². The Morgan fingerprint density at radius 2 is 0.646 bits per heavy atom. The maximum atomic E-state index is 9.88. The molecule has 0 amide bonds. The van der Waals surface area contributed by atoms with Crippen LogP contribution in [0.15, 0.2) is 304 Å². The van der Waals surface area contributed by atoms with Gasteiger partial charge in [0.15, 0.2) is 0 Å². The molecule has 0 saturated carbocycles. The van der Waals surface area contributed by atoms with E-state index in [2.05, 4.69) is 155 Å². The van der Waals surface area contributed by atoms with Crippen LogP contribution in [0.25, 0.3) is 94.3 Å². The predicted molar refractivity (Wildman–Crippen MR) is 343 cm³/mol. The van der Waals surface area contributed by atoms with Gasteiger partial charge in [-0.15, -0.1) is 0 Å². The van der Waals surface area contributed by atoms with E-state index in [4.69, 9.17) is 12.7 Å². The minimum absolute atomic E-state index is 0.00921. The standard InChI is InChI=1S/C76H50BN5/c1-7-23-51(24-8-1)57-39-41-70-66(43-57)77-67-44-58(52-25-9-2-10-26-52)40-42-71(67)82(76-64(55-31-15-5-16-32-55)49-79-50-65(76)56-33-17-6-18-34-56)73-46-59(80-68-37-21-19-35-60(68)61-36-20-22-38-69(61)80)45-72(74(73)77)81(70)75-62(53-27-11-3-12-28-53)47-78-48-63(75)54-29-13-4-14-30-54/h1-50H/i19D,20D,21D,22D,35D,36D,37D,38D. The van der Waals surface area contributed by atoms with E-state index < -0.39 is 55.1 Å². The Balaban J connectivity index is 1.15. The molecule has 5 heterocycles. The molecular weight excluding hydrogens is 994 g/mol. The van der Waals surface area contributed by atoms with Crippen molar-refractivity contribution in [3.05, 3.63) is 304 Å². The summed E-state index contributed by atoms with van der Waals surface area (Å²) in [5.41, 5.74) is 19.2. The second-order valence-corrected chi connectivity index (χ2v) is 20.7. The third-order valence-corrected chi connectivity index (χ3v) is 16.2. The van der Waals surface area contributed by atoms with Crippen LogP contribution in [-0.2, 0) is 0 Å². The molecule has 2 aliphatic rings. The number of rotatable bonds is 9. The van der Waals surface area contributed by atoms with Crippen LogP contribution in [0.3, 0.4) is 0 Å². The van der Waals surface area contributed by atoms with Crippen molar-refractivity contribution in [2.75, 3.05) is 9.80 Å². The van der Waals surface area contributed by atoms with Crippen LogP contribution >= 0.6 is 0 Å². The van der Waals surface area contributed by atoms with Crippen LogP contribution in [-0.4, -0.2) is 21.2 Å². The summed E-state index contributed by atoms with van der Waals surface area (Å²) in [6.07, 6.45) is 7.67. The SMILES string of the molecule is [2H]c1c([2H])c([2H])c2c(c1[2H])c1c([2H])c([2H])c([2H])c([2H])c1n2-c1cc2c3c(c1)N(c1c(-c4ccccc4)cncc1-c1ccccc1)c1ccc(-c4ccccc4)cc1B3c1cc(-c3ccccc3)ccc1N2c1c(-c2ccccc2)cncc1-c1ccccc1. The van der Waals surface area contributed by atoms with E-state index in [9.17, 15) is 8.22 Å². The molecule has 0 spiro atoms. The van der Waals surface area contributed by atoms with Crippen molar-refractivity contribution in [1.82, 2.24) is 14.5 Å². The summed E-state index contributed by atoms with van der Waals surface area (Å²) in [5.74, 6) is 0. The summed E-state index contributed by atoms with van der Waals surface area (Å²) >= 11 is 0. The molecule has 0 unspecified atom stereocenters. The van der Waals surface area contributed by atoms with E-state index in [0.29, 0.717) is 17.1 Å². The molecule has 6 heteroatoms. The number of hydrogen-bond donors (Lipinski definition) is 0. The smallest absolute Gasteiger partial charge is 0.252 e. The normalized spacial score (nSPS) is 13.7. The average Bonchev–Trinajstić information content (AvgIpc) is 1.79. The van der Waals surface area contributed by atoms with E-state index in [1.54, 1.807) is 4.57 Å². The van der Waals surface area contributed by atoms with Crippen LogP contribution in [0.1, 0.15) is 11.0 Å². The Hall–Kier alpha value is -10.8. The topological polar surface area (TPSA) is 37.2 Å². The Bertz CT molecular complexity index is 4800. The molecule has 3 aromatic heterocycles. The molecule has 0 N–H and O–H groups in total. The van der Waals surface area contributed by atoms with Crippen LogP contribution in [0, 0.1) is 0 Å². The molecule has 0 aliphatic carbocycles. The zero-order chi connectivity index (χ0) is 61.1. The van der Waals surface area contributed by atoms with Crippen molar-refractivity contribution >= 4 is 79.0 Å². The number of anilines is 6. The van der Waals surface area contributed by atoms with Gasteiger partial charge in [-0.25, -0.2) is 0 Å². The maximum Gasteiger partial charge on any atom is 0.252 e. The average molecular weight is 1050 g/mol. The second kappa shape index (κ2) is 19.5.